The number of aldehydes is 1. The number of fused-ring (bicyclic) bond motifs is 1. The third-order valence-corrected chi connectivity index (χ3v) is 4.27. The largest absolute Gasteiger partial charge is 1.00 e. The Morgan fingerprint density at radius 1 is 1.24 bits per heavy atom. The predicted molar refractivity (Wildman–Crippen MR) is 75.9 cm³/mol. The van der Waals surface area contributed by atoms with Crippen LogP contribution < -0.4 is 29.6 Å². The molecule has 0 aliphatic carbocycles. The van der Waals surface area contributed by atoms with Crippen molar-refractivity contribution in [1.82, 2.24) is 0 Å². The fourth-order valence-corrected chi connectivity index (χ4v) is 3.29. The van der Waals surface area contributed by atoms with Gasteiger partial charge in [-0.2, -0.15) is 0 Å². The normalized spacial score (nSPS) is 11.1. The van der Waals surface area contributed by atoms with Crippen LogP contribution in [0.15, 0.2) is 35.2 Å². The molecule has 0 heterocycles. The van der Waals surface area contributed by atoms with Gasteiger partial charge in [0, 0.05) is 5.56 Å². The van der Waals surface area contributed by atoms with Crippen molar-refractivity contribution in [3.8, 4) is 0 Å². The molecule has 106 valence electrons. The van der Waals surface area contributed by atoms with Gasteiger partial charge in [-0.05, 0) is 35.2 Å². The molecule has 21 heavy (non-hydrogen) atoms. The maximum atomic E-state index is 11.5. The Hall–Kier alpha value is -0.720. The summed E-state index contributed by atoms with van der Waals surface area (Å²) in [6.45, 7) is 1.98. The third-order valence-electron chi connectivity index (χ3n) is 3.28. The predicted octanol–water partition coefficient (Wildman–Crippen LogP) is -0.0970. The number of unbranched alkanes of at least 4 members (excludes halogenated alkanes) is 1. The monoisotopic (exact) mass is 314 g/mol. The number of aryl methyl sites for hydroxylation is 1. The molecule has 0 radical (unpaired) electrons. The van der Waals surface area contributed by atoms with Crippen LogP contribution in [0, 0.1) is 0 Å². The van der Waals surface area contributed by atoms with Crippen molar-refractivity contribution < 1.29 is 47.3 Å². The summed E-state index contributed by atoms with van der Waals surface area (Å²) in [4.78, 5) is 10.9. The number of carbonyl (C=O) groups is 1. The summed E-state index contributed by atoms with van der Waals surface area (Å²) in [5, 5.41) is 1.27. The molecule has 4 nitrogen and oxygen atoms in total. The summed E-state index contributed by atoms with van der Waals surface area (Å²) in [6, 6.07) is 8.67. The van der Waals surface area contributed by atoms with E-state index in [0.717, 1.165) is 18.2 Å². The van der Waals surface area contributed by atoms with E-state index in [9.17, 15) is 17.8 Å². The zero-order valence-electron chi connectivity index (χ0n) is 12.1. The molecule has 2 rings (SSSR count). The number of hydrogen-bond acceptors (Lipinski definition) is 4. The molecule has 0 atom stereocenters. The fraction of sp³-hybridized carbons (Fsp3) is 0.267. The van der Waals surface area contributed by atoms with Crippen LogP contribution in [0.25, 0.3) is 10.8 Å². The van der Waals surface area contributed by atoms with Gasteiger partial charge in [0.1, 0.15) is 10.1 Å². The van der Waals surface area contributed by atoms with E-state index in [1.54, 1.807) is 24.3 Å². The summed E-state index contributed by atoms with van der Waals surface area (Å²) in [5.41, 5.74) is 0.409. The minimum atomic E-state index is -4.68. The van der Waals surface area contributed by atoms with E-state index in [2.05, 4.69) is 0 Å². The van der Waals surface area contributed by atoms with Gasteiger partial charge in [-0.3, -0.25) is 4.79 Å². The van der Waals surface area contributed by atoms with Gasteiger partial charge in [0.2, 0.25) is 0 Å². The van der Waals surface area contributed by atoms with Crippen molar-refractivity contribution in [2.45, 2.75) is 31.1 Å². The standard InChI is InChI=1S/C15H16O4S.Na/c1-2-3-6-12-9-11-7-4-5-8-13(11)14(10-16)15(12)20(17,18)19;/h4-5,7-10H,2-3,6H2,1H3,(H,17,18,19);/q;+1/p-1. The fourth-order valence-electron chi connectivity index (χ4n) is 2.38. The first-order valence-electron chi connectivity index (χ1n) is 6.44. The van der Waals surface area contributed by atoms with Crippen LogP contribution in [0.5, 0.6) is 0 Å². The van der Waals surface area contributed by atoms with Gasteiger partial charge in [0.05, 0.1) is 4.90 Å². The summed E-state index contributed by atoms with van der Waals surface area (Å²) < 4.78 is 34.6. The Labute approximate surface area is 146 Å². The van der Waals surface area contributed by atoms with Crippen LogP contribution in [0.4, 0.5) is 0 Å². The van der Waals surface area contributed by atoms with Gasteiger partial charge in [-0.25, -0.2) is 8.42 Å². The molecular weight excluding hydrogens is 299 g/mol. The second-order valence-electron chi connectivity index (χ2n) is 4.68. The van der Waals surface area contributed by atoms with Crippen molar-refractivity contribution in [1.29, 1.82) is 0 Å². The Bertz CT molecular complexity index is 754. The molecule has 0 aromatic heterocycles. The van der Waals surface area contributed by atoms with Crippen molar-refractivity contribution in [2.24, 2.45) is 0 Å². The summed E-state index contributed by atoms with van der Waals surface area (Å²) in [6.07, 6.45) is 2.57. The van der Waals surface area contributed by atoms with Crippen molar-refractivity contribution in [2.75, 3.05) is 0 Å². The molecule has 0 amide bonds. The van der Waals surface area contributed by atoms with Gasteiger partial charge < -0.3 is 4.55 Å². The third kappa shape index (κ3) is 3.93. The minimum absolute atomic E-state index is 0. The van der Waals surface area contributed by atoms with Gasteiger partial charge in [-0.15, -0.1) is 0 Å². The van der Waals surface area contributed by atoms with Gasteiger partial charge in [-0.1, -0.05) is 37.6 Å². The second-order valence-corrected chi connectivity index (χ2v) is 5.99. The second kappa shape index (κ2) is 7.51. The van der Waals surface area contributed by atoms with Gasteiger partial charge in [0.15, 0.2) is 6.29 Å². The number of benzene rings is 2. The zero-order chi connectivity index (χ0) is 14.8. The first-order chi connectivity index (χ1) is 9.49. The minimum Gasteiger partial charge on any atom is -0.744 e. The molecule has 0 saturated carbocycles. The molecule has 0 N–H and O–H groups in total. The summed E-state index contributed by atoms with van der Waals surface area (Å²) in [7, 11) is -4.68. The Balaban J connectivity index is 0.00000220. The quantitative estimate of drug-likeness (QED) is 0.439. The number of carbonyl (C=O) groups excluding carboxylic acids is 1. The topological polar surface area (TPSA) is 74.3 Å². The van der Waals surface area contributed by atoms with Crippen LogP contribution in [0.3, 0.4) is 0 Å². The van der Waals surface area contributed by atoms with Gasteiger partial charge >= 0.3 is 29.6 Å². The number of hydrogen-bond donors (Lipinski definition) is 0. The maximum Gasteiger partial charge on any atom is 1.00 e. The Kier molecular flexibility index (Phi) is 6.56. The molecule has 0 unspecified atom stereocenters. The van der Waals surface area contributed by atoms with Crippen molar-refractivity contribution in [3.63, 3.8) is 0 Å². The van der Waals surface area contributed by atoms with E-state index in [4.69, 9.17) is 0 Å². The molecule has 0 saturated heterocycles. The molecule has 0 aliphatic heterocycles. The van der Waals surface area contributed by atoms with Crippen LogP contribution in [0.2, 0.25) is 0 Å². The van der Waals surface area contributed by atoms with E-state index < -0.39 is 10.1 Å². The smallest absolute Gasteiger partial charge is 0.744 e. The molecule has 0 bridgehead atoms. The van der Waals surface area contributed by atoms with Crippen LogP contribution in [0.1, 0.15) is 35.7 Å². The Morgan fingerprint density at radius 2 is 1.90 bits per heavy atom. The zero-order valence-corrected chi connectivity index (χ0v) is 14.9. The Morgan fingerprint density at radius 3 is 2.48 bits per heavy atom. The first-order valence-corrected chi connectivity index (χ1v) is 7.85. The SMILES string of the molecule is CCCCc1cc2ccccc2c(C=O)c1S(=O)(=O)[O-].[Na+]. The summed E-state index contributed by atoms with van der Waals surface area (Å²) >= 11 is 0. The molecule has 0 spiro atoms. The molecule has 6 heteroatoms. The van der Waals surface area contributed by atoms with E-state index in [0.29, 0.717) is 23.7 Å². The van der Waals surface area contributed by atoms with Crippen LogP contribution in [-0.2, 0) is 16.5 Å². The maximum absolute atomic E-state index is 11.5. The van der Waals surface area contributed by atoms with Crippen molar-refractivity contribution >= 4 is 27.2 Å². The van der Waals surface area contributed by atoms with E-state index in [1.807, 2.05) is 13.0 Å². The summed E-state index contributed by atoms with van der Waals surface area (Å²) in [5.74, 6) is 0. The first kappa shape index (κ1) is 18.3. The molecule has 0 aliphatic rings. The molecule has 2 aromatic rings. The van der Waals surface area contributed by atoms with E-state index >= 15 is 0 Å². The van der Waals surface area contributed by atoms with Crippen LogP contribution >= 0.6 is 0 Å². The van der Waals surface area contributed by atoms with E-state index in [1.165, 1.54) is 0 Å². The van der Waals surface area contributed by atoms with Gasteiger partial charge in [0.25, 0.3) is 0 Å². The number of rotatable bonds is 5. The molecular formula is C15H15NaO4S. The van der Waals surface area contributed by atoms with Crippen LogP contribution in [-0.4, -0.2) is 19.3 Å². The van der Waals surface area contributed by atoms with Crippen molar-refractivity contribution in [3.05, 3.63) is 41.5 Å². The molecule has 2 aromatic carbocycles. The van der Waals surface area contributed by atoms with E-state index in [-0.39, 0.29) is 40.0 Å². The average Bonchev–Trinajstić information content (AvgIpc) is 2.42. The molecule has 0 fully saturated rings. The average molecular weight is 314 g/mol.